The van der Waals surface area contributed by atoms with Gasteiger partial charge in [-0.2, -0.15) is 0 Å². The van der Waals surface area contributed by atoms with E-state index in [2.05, 4.69) is 28.6 Å². The van der Waals surface area contributed by atoms with Gasteiger partial charge in [0.15, 0.2) is 20.8 Å². The van der Waals surface area contributed by atoms with Crippen LogP contribution in [-0.4, -0.2) is 70.9 Å². The number of hydrogen-bond acceptors (Lipinski definition) is 7. The summed E-state index contributed by atoms with van der Waals surface area (Å²) < 4.78 is 31.3. The van der Waals surface area contributed by atoms with Crippen LogP contribution >= 0.6 is 11.8 Å². The van der Waals surface area contributed by atoms with Gasteiger partial charge in [0, 0.05) is 24.7 Å². The number of benzene rings is 1. The second-order valence-electron chi connectivity index (χ2n) is 9.32. The van der Waals surface area contributed by atoms with Gasteiger partial charge in [-0.3, -0.25) is 4.79 Å². The number of carbonyl (C=O) groups excluding carboxylic acids is 1. The Hall–Kier alpha value is -2.07. The highest BCUT2D eigenvalue weighted by Gasteiger charge is 2.35. The van der Waals surface area contributed by atoms with Gasteiger partial charge in [0.2, 0.25) is 5.91 Å². The molecule has 1 aliphatic rings. The molecule has 1 aliphatic heterocycles. The third kappa shape index (κ3) is 6.72. The Kier molecular flexibility index (Phi) is 8.44. The minimum atomic E-state index is -3.07. The minimum absolute atomic E-state index is 0.0547. The van der Waals surface area contributed by atoms with Gasteiger partial charge < -0.3 is 14.2 Å². The summed E-state index contributed by atoms with van der Waals surface area (Å²) in [5.74, 6) is 2.50. The van der Waals surface area contributed by atoms with Gasteiger partial charge in [-0.1, -0.05) is 39.5 Å². The normalized spacial score (nSPS) is 17.6. The van der Waals surface area contributed by atoms with Gasteiger partial charge in [0.25, 0.3) is 0 Å². The van der Waals surface area contributed by atoms with E-state index in [1.807, 2.05) is 38.1 Å². The zero-order valence-corrected chi connectivity index (χ0v) is 21.7. The first-order chi connectivity index (χ1) is 15.6. The van der Waals surface area contributed by atoms with E-state index in [0.717, 1.165) is 23.7 Å². The van der Waals surface area contributed by atoms with Crippen LogP contribution in [0.1, 0.15) is 34.1 Å². The third-order valence-electron chi connectivity index (χ3n) is 5.47. The Morgan fingerprint density at radius 2 is 1.88 bits per heavy atom. The molecule has 1 atom stereocenters. The van der Waals surface area contributed by atoms with Crippen molar-refractivity contribution in [1.29, 1.82) is 0 Å². The number of amides is 1. The summed E-state index contributed by atoms with van der Waals surface area (Å²) in [6.07, 6.45) is 0.511. The fourth-order valence-electron chi connectivity index (χ4n) is 3.96. The molecular formula is C23H34N4O4S2. The monoisotopic (exact) mass is 494 g/mol. The number of methoxy groups -OCH3 is 1. The zero-order valence-electron chi connectivity index (χ0n) is 20.0. The number of carbonyl (C=O) groups is 1. The van der Waals surface area contributed by atoms with Crippen molar-refractivity contribution in [2.24, 2.45) is 11.8 Å². The van der Waals surface area contributed by atoms with Crippen LogP contribution in [-0.2, 0) is 21.2 Å². The van der Waals surface area contributed by atoms with E-state index in [0.29, 0.717) is 24.0 Å². The summed E-state index contributed by atoms with van der Waals surface area (Å²) in [5, 5.41) is 9.48. The molecule has 1 saturated heterocycles. The largest absolute Gasteiger partial charge is 0.497 e. The molecule has 33 heavy (non-hydrogen) atoms. The van der Waals surface area contributed by atoms with Crippen LogP contribution in [0.3, 0.4) is 0 Å². The Morgan fingerprint density at radius 3 is 2.42 bits per heavy atom. The molecule has 2 heterocycles. The lowest BCUT2D eigenvalue weighted by Crippen LogP contribution is -2.44. The Labute approximate surface area is 201 Å². The number of aromatic nitrogens is 3. The number of hydrogen-bond donors (Lipinski definition) is 0. The molecule has 8 nitrogen and oxygen atoms in total. The molecule has 0 N–H and O–H groups in total. The predicted molar refractivity (Wildman–Crippen MR) is 131 cm³/mol. The van der Waals surface area contributed by atoms with Gasteiger partial charge in [0.1, 0.15) is 5.75 Å². The first-order valence-electron chi connectivity index (χ1n) is 11.3. The molecule has 0 saturated carbocycles. The van der Waals surface area contributed by atoms with Crippen molar-refractivity contribution in [2.75, 3.05) is 30.9 Å². The van der Waals surface area contributed by atoms with Crippen LogP contribution in [0, 0.1) is 11.8 Å². The molecule has 1 unspecified atom stereocenters. The molecule has 1 aromatic carbocycles. The summed E-state index contributed by atoms with van der Waals surface area (Å²) in [5.41, 5.74) is 0.930. The van der Waals surface area contributed by atoms with Crippen LogP contribution in [0.5, 0.6) is 5.75 Å². The van der Waals surface area contributed by atoms with Crippen molar-refractivity contribution < 1.29 is 17.9 Å². The molecule has 3 rings (SSSR count). The van der Waals surface area contributed by atoms with Crippen molar-refractivity contribution in [3.05, 3.63) is 24.3 Å². The summed E-state index contributed by atoms with van der Waals surface area (Å²) in [4.78, 5) is 14.9. The summed E-state index contributed by atoms with van der Waals surface area (Å²) in [6, 6.07) is 7.43. The van der Waals surface area contributed by atoms with E-state index in [4.69, 9.17) is 4.74 Å². The van der Waals surface area contributed by atoms with Crippen molar-refractivity contribution in [3.63, 3.8) is 0 Å². The topological polar surface area (TPSA) is 94.4 Å². The summed E-state index contributed by atoms with van der Waals surface area (Å²) in [7, 11) is -1.44. The van der Waals surface area contributed by atoms with E-state index in [1.165, 1.54) is 11.8 Å². The Morgan fingerprint density at radius 1 is 1.18 bits per heavy atom. The second kappa shape index (κ2) is 10.9. The fourth-order valence-corrected chi connectivity index (χ4v) is 6.52. The second-order valence-corrected chi connectivity index (χ2v) is 12.5. The maximum atomic E-state index is 13.2. The van der Waals surface area contributed by atoms with Gasteiger partial charge >= 0.3 is 0 Å². The maximum absolute atomic E-state index is 13.2. The van der Waals surface area contributed by atoms with Crippen LogP contribution in [0.15, 0.2) is 29.4 Å². The number of thioether (sulfide) groups is 1. The molecule has 2 aromatic rings. The van der Waals surface area contributed by atoms with E-state index in [1.54, 1.807) is 12.0 Å². The molecule has 1 amide bonds. The van der Waals surface area contributed by atoms with Crippen molar-refractivity contribution in [3.8, 4) is 17.1 Å². The number of nitrogens with zero attached hydrogens (tertiary/aromatic N) is 4. The van der Waals surface area contributed by atoms with Crippen LogP contribution < -0.4 is 4.74 Å². The summed E-state index contributed by atoms with van der Waals surface area (Å²) in [6.45, 7) is 9.61. The quantitative estimate of drug-likeness (QED) is 0.467. The number of rotatable bonds is 10. The highest BCUT2D eigenvalue weighted by molar-refractivity contribution is 7.99. The molecular weight excluding hydrogens is 460 g/mol. The van der Waals surface area contributed by atoms with E-state index >= 15 is 0 Å². The predicted octanol–water partition coefficient (Wildman–Crippen LogP) is 3.37. The molecule has 1 aromatic heterocycles. The lowest BCUT2D eigenvalue weighted by atomic mass is 10.1. The highest BCUT2D eigenvalue weighted by Crippen LogP contribution is 2.28. The maximum Gasteiger partial charge on any atom is 0.233 e. The molecule has 10 heteroatoms. The molecule has 1 fully saturated rings. The molecule has 0 radical (unpaired) electrons. The van der Waals surface area contributed by atoms with E-state index in [-0.39, 0.29) is 35.1 Å². The lowest BCUT2D eigenvalue weighted by molar-refractivity contribution is -0.130. The van der Waals surface area contributed by atoms with Gasteiger partial charge in [-0.15, -0.1) is 10.2 Å². The number of sulfone groups is 1. The van der Waals surface area contributed by atoms with E-state index < -0.39 is 9.84 Å². The van der Waals surface area contributed by atoms with Crippen molar-refractivity contribution >= 4 is 27.5 Å². The fraction of sp³-hybridized carbons (Fsp3) is 0.609. The first kappa shape index (κ1) is 25.6. The molecule has 182 valence electrons. The molecule has 0 bridgehead atoms. The van der Waals surface area contributed by atoms with Crippen molar-refractivity contribution in [2.45, 2.75) is 51.9 Å². The first-order valence-corrected chi connectivity index (χ1v) is 14.1. The summed E-state index contributed by atoms with van der Waals surface area (Å²) >= 11 is 1.36. The van der Waals surface area contributed by atoms with Crippen LogP contribution in [0.4, 0.5) is 0 Å². The van der Waals surface area contributed by atoms with Gasteiger partial charge in [-0.25, -0.2) is 8.42 Å². The molecule has 0 spiro atoms. The number of ether oxygens (including phenoxy) is 1. The molecule has 0 aliphatic carbocycles. The highest BCUT2D eigenvalue weighted by atomic mass is 32.2. The SMILES string of the molecule is COc1ccc(-c2nnc(SCC(=O)N(CC(C)C)C3CCS(=O)(=O)C3)n2CC(C)C)cc1. The van der Waals surface area contributed by atoms with E-state index in [9.17, 15) is 13.2 Å². The Bertz CT molecular complexity index is 1050. The lowest BCUT2D eigenvalue weighted by Gasteiger charge is -2.30. The third-order valence-corrected chi connectivity index (χ3v) is 8.17. The van der Waals surface area contributed by atoms with Gasteiger partial charge in [0.05, 0.1) is 24.4 Å². The van der Waals surface area contributed by atoms with Crippen LogP contribution in [0.2, 0.25) is 0 Å². The van der Waals surface area contributed by atoms with Crippen LogP contribution in [0.25, 0.3) is 11.4 Å². The van der Waals surface area contributed by atoms with Crippen molar-refractivity contribution in [1.82, 2.24) is 19.7 Å². The Balaban J connectivity index is 1.78. The average molecular weight is 495 g/mol. The van der Waals surface area contributed by atoms with Gasteiger partial charge in [-0.05, 0) is 42.5 Å². The average Bonchev–Trinajstić information content (AvgIpc) is 3.32. The minimum Gasteiger partial charge on any atom is -0.497 e. The smallest absolute Gasteiger partial charge is 0.233 e. The standard InChI is InChI=1S/C23H34N4O4S2/c1-16(2)12-26(19-10-11-33(29,30)15-19)21(28)14-32-23-25-24-22(27(23)13-17(3)4)18-6-8-20(31-5)9-7-18/h6-9,16-17,19H,10-15H2,1-5H3. The zero-order chi connectivity index (χ0) is 24.2.